The van der Waals surface area contributed by atoms with Gasteiger partial charge in [0.1, 0.15) is 17.3 Å². The largest absolute Gasteiger partial charge is 0.380 e. The fraction of sp³-hybridized carbons (Fsp3) is 0.750. The minimum absolute atomic E-state index is 0.00600. The van der Waals surface area contributed by atoms with Crippen molar-refractivity contribution < 1.29 is 23.9 Å². The van der Waals surface area contributed by atoms with Crippen molar-refractivity contribution in [3.05, 3.63) is 0 Å². The molecule has 1 amide bonds. The highest BCUT2D eigenvalue weighted by molar-refractivity contribution is 5.87. The van der Waals surface area contributed by atoms with Gasteiger partial charge in [-0.25, -0.2) is 0 Å². The molecule has 0 aromatic heterocycles. The van der Waals surface area contributed by atoms with Crippen molar-refractivity contribution in [3.8, 4) is 0 Å². The molecule has 0 radical (unpaired) electrons. The molecule has 0 saturated heterocycles. The van der Waals surface area contributed by atoms with Crippen LogP contribution in [0.25, 0.3) is 0 Å². The third-order valence-electron chi connectivity index (χ3n) is 2.84. The van der Waals surface area contributed by atoms with Crippen LogP contribution >= 0.6 is 0 Å². The summed E-state index contributed by atoms with van der Waals surface area (Å²) in [5.74, 6) is -0.583. The highest BCUT2D eigenvalue weighted by Crippen LogP contribution is 1.97. The van der Waals surface area contributed by atoms with Crippen LogP contribution in [0.5, 0.6) is 0 Å². The number of hydrogen-bond donors (Lipinski definition) is 1. The lowest BCUT2D eigenvalue weighted by Gasteiger charge is -2.18. The number of rotatable bonds is 14. The Bertz CT molecular complexity index is 393. The third kappa shape index (κ3) is 13.8. The van der Waals surface area contributed by atoms with Gasteiger partial charge in [-0.2, -0.15) is 0 Å². The zero-order valence-electron chi connectivity index (χ0n) is 14.4. The molecular formula is C16H28N2O5. The van der Waals surface area contributed by atoms with E-state index in [1.807, 2.05) is 6.92 Å². The van der Waals surface area contributed by atoms with E-state index < -0.39 is 0 Å². The van der Waals surface area contributed by atoms with Crippen LogP contribution in [0.3, 0.4) is 0 Å². The van der Waals surface area contributed by atoms with Crippen LogP contribution in [0.2, 0.25) is 0 Å². The lowest BCUT2D eigenvalue weighted by Crippen LogP contribution is -2.37. The van der Waals surface area contributed by atoms with Gasteiger partial charge < -0.3 is 10.1 Å². The molecule has 7 heteroatoms. The van der Waals surface area contributed by atoms with Crippen molar-refractivity contribution in [1.29, 1.82) is 0 Å². The van der Waals surface area contributed by atoms with Crippen molar-refractivity contribution in [2.24, 2.45) is 0 Å². The number of nitrogens with one attached hydrogen (secondary N) is 1. The predicted molar refractivity (Wildman–Crippen MR) is 86.2 cm³/mol. The molecule has 0 bridgehead atoms. The normalized spacial score (nSPS) is 10.6. The number of hydrogen-bond acceptors (Lipinski definition) is 6. The molecule has 23 heavy (non-hydrogen) atoms. The highest BCUT2D eigenvalue weighted by Gasteiger charge is 2.15. The number of carbonyl (C=O) groups is 4. The second-order valence-corrected chi connectivity index (χ2v) is 5.55. The van der Waals surface area contributed by atoms with Gasteiger partial charge in [-0.15, -0.1) is 0 Å². The zero-order valence-corrected chi connectivity index (χ0v) is 14.4. The molecule has 0 aliphatic carbocycles. The topological polar surface area (TPSA) is 92.8 Å². The summed E-state index contributed by atoms with van der Waals surface area (Å²) in [7, 11) is 0. The van der Waals surface area contributed by atoms with Crippen LogP contribution < -0.4 is 5.32 Å². The number of ketones is 3. The van der Waals surface area contributed by atoms with E-state index in [-0.39, 0.29) is 55.7 Å². The minimum atomic E-state index is -0.205. The average Bonchev–Trinajstić information content (AvgIpc) is 2.43. The van der Waals surface area contributed by atoms with E-state index in [1.165, 1.54) is 18.7 Å². The molecule has 0 aromatic rings. The number of Topliss-reactive ketones (excluding diaryl/α,β-unsaturated/α-hetero) is 3. The molecule has 0 aliphatic rings. The molecule has 0 atom stereocenters. The zero-order chi connectivity index (χ0) is 17.7. The summed E-state index contributed by atoms with van der Waals surface area (Å²) in [6.45, 7) is 6.50. The Balaban J connectivity index is 3.99. The molecule has 0 saturated carbocycles. The smallest absolute Gasteiger partial charge is 0.220 e. The van der Waals surface area contributed by atoms with E-state index in [9.17, 15) is 19.2 Å². The summed E-state index contributed by atoms with van der Waals surface area (Å²) in [5.41, 5.74) is 0. The van der Waals surface area contributed by atoms with Crippen LogP contribution in [-0.4, -0.2) is 67.5 Å². The quantitative estimate of drug-likeness (QED) is 0.463. The Hall–Kier alpha value is -1.60. The monoisotopic (exact) mass is 328 g/mol. The van der Waals surface area contributed by atoms with Gasteiger partial charge in [-0.1, -0.05) is 6.92 Å². The molecule has 7 nitrogen and oxygen atoms in total. The molecule has 0 unspecified atom stereocenters. The van der Waals surface area contributed by atoms with Gasteiger partial charge >= 0.3 is 0 Å². The van der Waals surface area contributed by atoms with Gasteiger partial charge in [0.25, 0.3) is 0 Å². The Labute approximate surface area is 137 Å². The second-order valence-electron chi connectivity index (χ2n) is 5.55. The Morgan fingerprint density at radius 2 is 1.52 bits per heavy atom. The Morgan fingerprint density at radius 3 is 2.04 bits per heavy atom. The second kappa shape index (κ2) is 12.9. The molecule has 0 fully saturated rings. The molecule has 132 valence electrons. The molecule has 0 aromatic carbocycles. The summed E-state index contributed by atoms with van der Waals surface area (Å²) in [6, 6.07) is 0. The standard InChI is InChI=1S/C16H28N2O5/c1-4-8-23-9-7-17-16(22)6-5-15(21)12-18(10-13(2)19)11-14(3)20/h4-12H2,1-3H3,(H,17,22). The average molecular weight is 328 g/mol. The van der Waals surface area contributed by atoms with Crippen LogP contribution in [0.4, 0.5) is 0 Å². The maximum atomic E-state index is 11.9. The SMILES string of the molecule is CCCOCCNC(=O)CCC(=O)CN(CC(C)=O)CC(C)=O. The van der Waals surface area contributed by atoms with Crippen molar-refractivity contribution in [2.45, 2.75) is 40.0 Å². The lowest BCUT2D eigenvalue weighted by atomic mass is 10.2. The van der Waals surface area contributed by atoms with Gasteiger partial charge in [0.15, 0.2) is 0 Å². The van der Waals surface area contributed by atoms with Gasteiger partial charge in [0, 0.05) is 26.0 Å². The first kappa shape index (κ1) is 21.4. The van der Waals surface area contributed by atoms with E-state index in [0.717, 1.165) is 6.42 Å². The van der Waals surface area contributed by atoms with Crippen LogP contribution in [-0.2, 0) is 23.9 Å². The summed E-state index contributed by atoms with van der Waals surface area (Å²) < 4.78 is 5.23. The summed E-state index contributed by atoms with van der Waals surface area (Å²) in [5, 5.41) is 2.68. The lowest BCUT2D eigenvalue weighted by molar-refractivity contribution is -0.127. The molecule has 0 aliphatic heterocycles. The maximum Gasteiger partial charge on any atom is 0.220 e. The van der Waals surface area contributed by atoms with E-state index in [4.69, 9.17) is 4.74 Å². The Kier molecular flexibility index (Phi) is 12.0. The van der Waals surface area contributed by atoms with Crippen molar-refractivity contribution >= 4 is 23.3 Å². The van der Waals surface area contributed by atoms with Gasteiger partial charge in [0.05, 0.1) is 26.2 Å². The molecular weight excluding hydrogens is 300 g/mol. The van der Waals surface area contributed by atoms with Crippen LogP contribution in [0.15, 0.2) is 0 Å². The van der Waals surface area contributed by atoms with Crippen LogP contribution in [0, 0.1) is 0 Å². The maximum absolute atomic E-state index is 11.9. The number of ether oxygens (including phenoxy) is 1. The van der Waals surface area contributed by atoms with Gasteiger partial charge in [-0.05, 0) is 20.3 Å². The van der Waals surface area contributed by atoms with Crippen LogP contribution in [0.1, 0.15) is 40.0 Å². The predicted octanol–water partition coefficient (Wildman–Crippen LogP) is 0.359. The number of amides is 1. The molecule has 0 spiro atoms. The molecule has 0 rings (SSSR count). The highest BCUT2D eigenvalue weighted by atomic mass is 16.5. The summed E-state index contributed by atoms with van der Waals surface area (Å²) >= 11 is 0. The molecule has 0 heterocycles. The van der Waals surface area contributed by atoms with Gasteiger partial charge in [-0.3, -0.25) is 24.1 Å². The first-order chi connectivity index (χ1) is 10.8. The molecule has 1 N–H and O–H groups in total. The fourth-order valence-corrected chi connectivity index (χ4v) is 1.98. The summed E-state index contributed by atoms with van der Waals surface area (Å²) in [6.07, 6.45) is 1.12. The van der Waals surface area contributed by atoms with Crippen molar-refractivity contribution in [3.63, 3.8) is 0 Å². The first-order valence-electron chi connectivity index (χ1n) is 7.92. The van der Waals surface area contributed by atoms with Gasteiger partial charge in [0.2, 0.25) is 5.91 Å². The fourth-order valence-electron chi connectivity index (χ4n) is 1.98. The van der Waals surface area contributed by atoms with Crippen molar-refractivity contribution in [1.82, 2.24) is 10.2 Å². The van der Waals surface area contributed by atoms with E-state index >= 15 is 0 Å². The Morgan fingerprint density at radius 1 is 0.913 bits per heavy atom. The number of nitrogens with zero attached hydrogens (tertiary/aromatic N) is 1. The van der Waals surface area contributed by atoms with E-state index in [0.29, 0.717) is 19.8 Å². The van der Waals surface area contributed by atoms with Crippen molar-refractivity contribution in [2.75, 3.05) is 39.4 Å². The minimum Gasteiger partial charge on any atom is -0.380 e. The summed E-state index contributed by atoms with van der Waals surface area (Å²) in [4.78, 5) is 47.2. The first-order valence-corrected chi connectivity index (χ1v) is 7.92. The van der Waals surface area contributed by atoms with E-state index in [2.05, 4.69) is 5.32 Å². The third-order valence-corrected chi connectivity index (χ3v) is 2.84. The van der Waals surface area contributed by atoms with E-state index in [1.54, 1.807) is 0 Å². The number of carbonyl (C=O) groups excluding carboxylic acids is 4.